The maximum absolute atomic E-state index is 6.01. The Kier molecular flexibility index (Phi) is 7.20. The number of hydrogen-bond donors (Lipinski definition) is 1. The molecular formula is C17H29IN4O. The van der Waals surface area contributed by atoms with Gasteiger partial charge in [-0.15, -0.1) is 24.0 Å². The lowest BCUT2D eigenvalue weighted by Crippen LogP contribution is -2.46. The molecule has 1 aliphatic heterocycles. The lowest BCUT2D eigenvalue weighted by atomic mass is 10.1. The van der Waals surface area contributed by atoms with E-state index >= 15 is 0 Å². The zero-order valence-electron chi connectivity index (χ0n) is 14.2. The SMILES string of the molecule is CN=C(NCc1cccn1C)N1CCC(OCC2CC2)CC1.I. The summed E-state index contributed by atoms with van der Waals surface area (Å²) >= 11 is 0. The van der Waals surface area contributed by atoms with Gasteiger partial charge in [-0.25, -0.2) is 0 Å². The second-order valence-corrected chi connectivity index (χ2v) is 6.47. The van der Waals surface area contributed by atoms with Gasteiger partial charge in [0.15, 0.2) is 5.96 Å². The van der Waals surface area contributed by atoms with Crippen LogP contribution in [0.2, 0.25) is 0 Å². The fourth-order valence-electron chi connectivity index (χ4n) is 2.97. The van der Waals surface area contributed by atoms with Gasteiger partial charge in [0.05, 0.1) is 12.6 Å². The minimum absolute atomic E-state index is 0. The number of halogens is 1. The van der Waals surface area contributed by atoms with Crippen LogP contribution in [-0.2, 0) is 18.3 Å². The minimum atomic E-state index is 0. The number of aryl methyl sites for hydroxylation is 1. The van der Waals surface area contributed by atoms with Crippen molar-refractivity contribution in [1.82, 2.24) is 14.8 Å². The van der Waals surface area contributed by atoms with Crippen molar-refractivity contribution in [3.05, 3.63) is 24.0 Å². The molecule has 23 heavy (non-hydrogen) atoms. The molecule has 0 radical (unpaired) electrons. The van der Waals surface area contributed by atoms with E-state index in [1.54, 1.807) is 0 Å². The first-order valence-electron chi connectivity index (χ1n) is 8.43. The third-order valence-electron chi connectivity index (χ3n) is 4.70. The molecular weight excluding hydrogens is 403 g/mol. The van der Waals surface area contributed by atoms with E-state index in [0.29, 0.717) is 6.10 Å². The monoisotopic (exact) mass is 432 g/mol. The van der Waals surface area contributed by atoms with Crippen molar-refractivity contribution in [3.63, 3.8) is 0 Å². The molecule has 1 aromatic heterocycles. The number of aromatic nitrogens is 1. The molecule has 0 amide bonds. The van der Waals surface area contributed by atoms with Gasteiger partial charge in [-0.2, -0.15) is 0 Å². The van der Waals surface area contributed by atoms with Gasteiger partial charge < -0.3 is 19.5 Å². The zero-order valence-corrected chi connectivity index (χ0v) is 16.5. The van der Waals surface area contributed by atoms with E-state index in [1.807, 2.05) is 7.05 Å². The van der Waals surface area contributed by atoms with E-state index in [0.717, 1.165) is 51.0 Å². The average molecular weight is 432 g/mol. The first-order chi connectivity index (χ1) is 10.8. The molecule has 2 heterocycles. The van der Waals surface area contributed by atoms with E-state index < -0.39 is 0 Å². The predicted octanol–water partition coefficient (Wildman–Crippen LogP) is 2.61. The average Bonchev–Trinajstić information content (AvgIpc) is 3.29. The molecule has 0 atom stereocenters. The topological polar surface area (TPSA) is 41.8 Å². The molecule has 1 saturated carbocycles. The van der Waals surface area contributed by atoms with E-state index in [9.17, 15) is 0 Å². The number of hydrogen-bond acceptors (Lipinski definition) is 2. The lowest BCUT2D eigenvalue weighted by Gasteiger charge is -2.34. The third kappa shape index (κ3) is 5.38. The van der Waals surface area contributed by atoms with Crippen LogP contribution in [0.25, 0.3) is 0 Å². The Hall–Kier alpha value is -0.760. The summed E-state index contributed by atoms with van der Waals surface area (Å²) < 4.78 is 8.15. The van der Waals surface area contributed by atoms with Crippen molar-refractivity contribution in [2.24, 2.45) is 18.0 Å². The van der Waals surface area contributed by atoms with Gasteiger partial charge in [-0.1, -0.05) is 0 Å². The lowest BCUT2D eigenvalue weighted by molar-refractivity contribution is 0.0131. The highest BCUT2D eigenvalue weighted by Crippen LogP contribution is 2.30. The molecule has 0 bridgehead atoms. The molecule has 1 saturated heterocycles. The summed E-state index contributed by atoms with van der Waals surface area (Å²) in [6.07, 6.45) is 7.48. The van der Waals surface area contributed by atoms with Gasteiger partial charge in [0.1, 0.15) is 0 Å². The van der Waals surface area contributed by atoms with Crippen LogP contribution >= 0.6 is 24.0 Å². The second-order valence-electron chi connectivity index (χ2n) is 6.47. The molecule has 1 aliphatic carbocycles. The van der Waals surface area contributed by atoms with Crippen molar-refractivity contribution in [2.45, 2.75) is 38.3 Å². The maximum Gasteiger partial charge on any atom is 0.193 e. The van der Waals surface area contributed by atoms with Crippen LogP contribution in [0, 0.1) is 5.92 Å². The number of ether oxygens (including phenoxy) is 1. The van der Waals surface area contributed by atoms with Crippen molar-refractivity contribution in [3.8, 4) is 0 Å². The number of piperidine rings is 1. The number of nitrogens with one attached hydrogen (secondary N) is 1. The fraction of sp³-hybridized carbons (Fsp3) is 0.706. The summed E-state index contributed by atoms with van der Waals surface area (Å²) in [6, 6.07) is 4.21. The summed E-state index contributed by atoms with van der Waals surface area (Å²) in [5, 5.41) is 3.47. The quantitative estimate of drug-likeness (QED) is 0.442. The number of nitrogens with zero attached hydrogens (tertiary/aromatic N) is 3. The van der Waals surface area contributed by atoms with Gasteiger partial charge in [-0.3, -0.25) is 4.99 Å². The first kappa shape index (κ1) is 18.6. The molecule has 3 rings (SSSR count). The van der Waals surface area contributed by atoms with Crippen LogP contribution in [-0.4, -0.2) is 48.3 Å². The Labute approximate surface area is 156 Å². The van der Waals surface area contributed by atoms with E-state index in [1.165, 1.54) is 18.5 Å². The summed E-state index contributed by atoms with van der Waals surface area (Å²) in [5.41, 5.74) is 1.27. The maximum atomic E-state index is 6.01. The third-order valence-corrected chi connectivity index (χ3v) is 4.70. The number of aliphatic imine (C=N–C) groups is 1. The van der Waals surface area contributed by atoms with Crippen LogP contribution in [0.5, 0.6) is 0 Å². The largest absolute Gasteiger partial charge is 0.378 e. The van der Waals surface area contributed by atoms with Gasteiger partial charge in [0, 0.05) is 45.7 Å². The van der Waals surface area contributed by atoms with Crippen molar-refractivity contribution >= 4 is 29.9 Å². The highest BCUT2D eigenvalue weighted by atomic mass is 127. The molecule has 1 N–H and O–H groups in total. The molecule has 5 nitrogen and oxygen atoms in total. The van der Waals surface area contributed by atoms with E-state index in [4.69, 9.17) is 4.74 Å². The Bertz CT molecular complexity index is 504. The summed E-state index contributed by atoms with van der Waals surface area (Å²) in [6.45, 7) is 3.85. The minimum Gasteiger partial charge on any atom is -0.378 e. The Morgan fingerprint density at radius 1 is 1.30 bits per heavy atom. The van der Waals surface area contributed by atoms with Crippen molar-refractivity contribution < 1.29 is 4.74 Å². The summed E-state index contributed by atoms with van der Waals surface area (Å²) in [7, 11) is 3.94. The van der Waals surface area contributed by atoms with E-state index in [-0.39, 0.29) is 24.0 Å². The molecule has 2 aliphatic rings. The Morgan fingerprint density at radius 2 is 2.04 bits per heavy atom. The predicted molar refractivity (Wildman–Crippen MR) is 104 cm³/mol. The number of guanidine groups is 1. The first-order valence-corrected chi connectivity index (χ1v) is 8.43. The highest BCUT2D eigenvalue weighted by Gasteiger charge is 2.26. The van der Waals surface area contributed by atoms with Gasteiger partial charge in [0.2, 0.25) is 0 Å². The van der Waals surface area contributed by atoms with Crippen LogP contribution in [0.4, 0.5) is 0 Å². The second kappa shape index (κ2) is 8.92. The Balaban J connectivity index is 0.00000192. The molecule has 0 aromatic carbocycles. The standard InChI is InChI=1S/C17H28N4O.HI/c1-18-17(19-12-15-4-3-9-20(15)2)21-10-7-16(8-11-21)22-13-14-5-6-14;/h3-4,9,14,16H,5-8,10-13H2,1-2H3,(H,18,19);1H. The fourth-order valence-corrected chi connectivity index (χ4v) is 2.97. The van der Waals surface area contributed by atoms with Crippen LogP contribution in [0.1, 0.15) is 31.4 Å². The normalized spacial score (nSPS) is 19.6. The zero-order chi connectivity index (χ0) is 15.4. The Morgan fingerprint density at radius 3 is 2.61 bits per heavy atom. The molecule has 0 unspecified atom stereocenters. The van der Waals surface area contributed by atoms with Crippen molar-refractivity contribution in [2.75, 3.05) is 26.7 Å². The van der Waals surface area contributed by atoms with Gasteiger partial charge >= 0.3 is 0 Å². The van der Waals surface area contributed by atoms with Crippen LogP contribution in [0.15, 0.2) is 23.3 Å². The smallest absolute Gasteiger partial charge is 0.193 e. The van der Waals surface area contributed by atoms with Crippen molar-refractivity contribution in [1.29, 1.82) is 0 Å². The molecule has 1 aromatic rings. The number of rotatable bonds is 5. The molecule has 0 spiro atoms. The van der Waals surface area contributed by atoms with Crippen LogP contribution in [0.3, 0.4) is 0 Å². The number of likely N-dealkylation sites (tertiary alicyclic amines) is 1. The van der Waals surface area contributed by atoms with Gasteiger partial charge in [0.25, 0.3) is 0 Å². The van der Waals surface area contributed by atoms with Gasteiger partial charge in [-0.05, 0) is 43.7 Å². The summed E-state index contributed by atoms with van der Waals surface area (Å²) in [5.74, 6) is 1.86. The highest BCUT2D eigenvalue weighted by molar-refractivity contribution is 14.0. The van der Waals surface area contributed by atoms with Crippen LogP contribution < -0.4 is 5.32 Å². The molecule has 130 valence electrons. The summed E-state index contributed by atoms with van der Waals surface area (Å²) in [4.78, 5) is 6.78. The molecule has 2 fully saturated rings. The van der Waals surface area contributed by atoms with E-state index in [2.05, 4.69) is 45.2 Å². The molecule has 6 heteroatoms.